The van der Waals surface area contributed by atoms with Crippen LogP contribution in [-0.2, 0) is 6.18 Å². The minimum Gasteiger partial charge on any atom is -0.497 e. The Morgan fingerprint density at radius 1 is 1.16 bits per heavy atom. The van der Waals surface area contributed by atoms with Gasteiger partial charge in [-0.2, -0.15) is 18.3 Å². The maximum absolute atomic E-state index is 14.4. The normalized spacial score (nSPS) is 16.6. The van der Waals surface area contributed by atoms with E-state index < -0.39 is 29.9 Å². The Labute approximate surface area is 251 Å². The fourth-order valence-corrected chi connectivity index (χ4v) is 5.76. The second kappa shape index (κ2) is 12.1. The largest absolute Gasteiger partial charge is 0.497 e. The van der Waals surface area contributed by atoms with Crippen molar-refractivity contribution in [3.05, 3.63) is 77.1 Å². The van der Waals surface area contributed by atoms with Gasteiger partial charge in [0.1, 0.15) is 11.3 Å². The molecule has 1 saturated heterocycles. The Hall–Kier alpha value is -4.69. The summed E-state index contributed by atoms with van der Waals surface area (Å²) < 4.78 is 48.9. The summed E-state index contributed by atoms with van der Waals surface area (Å²) in [4.78, 5) is 33.5. The molecule has 2 aromatic carbocycles. The number of nitrogens with zero attached hydrogens (tertiary/aromatic N) is 5. The van der Waals surface area contributed by atoms with E-state index in [0.717, 1.165) is 6.20 Å². The molecular formula is C30H32F3N7O4. The zero-order valence-corrected chi connectivity index (χ0v) is 24.3. The highest BCUT2D eigenvalue weighted by Crippen LogP contribution is 2.37. The lowest BCUT2D eigenvalue weighted by molar-refractivity contribution is -0.143. The molecule has 232 valence electrons. The number of carbonyl (C=O) groups excluding carboxylic acids is 2. The lowest BCUT2D eigenvalue weighted by atomic mass is 10.0. The van der Waals surface area contributed by atoms with Crippen molar-refractivity contribution < 1.29 is 32.6 Å². The number of amides is 3. The smallest absolute Gasteiger partial charge is 0.433 e. The second-order valence-electron chi connectivity index (χ2n) is 10.6. The van der Waals surface area contributed by atoms with Crippen LogP contribution in [-0.4, -0.2) is 80.8 Å². The van der Waals surface area contributed by atoms with Gasteiger partial charge in [0, 0.05) is 42.5 Å². The van der Waals surface area contributed by atoms with Crippen molar-refractivity contribution in [3.8, 4) is 17.0 Å². The fourth-order valence-electron chi connectivity index (χ4n) is 5.76. The summed E-state index contributed by atoms with van der Waals surface area (Å²) >= 11 is 0. The number of nitrogens with one attached hydrogen (secondary N) is 1. The summed E-state index contributed by atoms with van der Waals surface area (Å²) in [6.07, 6.45) is -3.64. The fraction of sp³-hybridized carbons (Fsp3) is 0.333. The lowest BCUT2D eigenvalue weighted by Gasteiger charge is -2.43. The quantitative estimate of drug-likeness (QED) is 0.286. The molecule has 0 aliphatic carbocycles. The van der Waals surface area contributed by atoms with E-state index >= 15 is 0 Å². The van der Waals surface area contributed by atoms with Crippen LogP contribution >= 0.6 is 0 Å². The van der Waals surface area contributed by atoms with Crippen molar-refractivity contribution in [1.29, 1.82) is 0 Å². The summed E-state index contributed by atoms with van der Waals surface area (Å²) in [5.41, 5.74) is 5.56. The molecule has 3 amide bonds. The molecule has 0 bridgehead atoms. The summed E-state index contributed by atoms with van der Waals surface area (Å²) in [6.45, 7) is 3.81. The predicted molar refractivity (Wildman–Crippen MR) is 156 cm³/mol. The number of benzene rings is 2. The van der Waals surface area contributed by atoms with Crippen molar-refractivity contribution >= 4 is 23.3 Å². The minimum absolute atomic E-state index is 0.0553. The molecule has 2 aromatic heterocycles. The van der Waals surface area contributed by atoms with Gasteiger partial charge in [0.2, 0.25) is 0 Å². The number of fused-ring (bicyclic) bond motifs is 1. The summed E-state index contributed by atoms with van der Waals surface area (Å²) in [5.74, 6) is 0.0292. The third-order valence-electron chi connectivity index (χ3n) is 7.86. The molecule has 0 unspecified atom stereocenters. The minimum atomic E-state index is -4.77. The van der Waals surface area contributed by atoms with Crippen LogP contribution in [0.3, 0.4) is 0 Å². The topological polar surface area (TPSA) is 138 Å². The average Bonchev–Trinajstić information content (AvgIpc) is 3.40. The number of rotatable bonds is 7. The van der Waals surface area contributed by atoms with Crippen molar-refractivity contribution in [2.24, 2.45) is 5.73 Å². The van der Waals surface area contributed by atoms with Gasteiger partial charge < -0.3 is 25.8 Å². The maximum atomic E-state index is 14.4. The van der Waals surface area contributed by atoms with E-state index in [4.69, 9.17) is 10.5 Å². The Morgan fingerprint density at radius 3 is 2.48 bits per heavy atom. The van der Waals surface area contributed by atoms with Crippen LogP contribution in [0.1, 0.15) is 40.1 Å². The molecule has 0 saturated carbocycles. The molecule has 1 aliphatic rings. The van der Waals surface area contributed by atoms with Gasteiger partial charge in [-0.05, 0) is 49.7 Å². The van der Waals surface area contributed by atoms with Crippen LogP contribution < -0.4 is 15.8 Å². The summed E-state index contributed by atoms with van der Waals surface area (Å²) in [5, 5.41) is 16.8. The Kier molecular flexibility index (Phi) is 8.48. The number of piperazine rings is 1. The Bertz CT molecular complexity index is 1690. The number of hydrogen-bond acceptors (Lipinski definition) is 7. The number of methoxy groups -OCH3 is 1. The second-order valence-corrected chi connectivity index (χ2v) is 10.6. The van der Waals surface area contributed by atoms with Gasteiger partial charge in [-0.15, -0.1) is 0 Å². The van der Waals surface area contributed by atoms with Gasteiger partial charge in [0.25, 0.3) is 5.91 Å². The molecule has 3 heterocycles. The number of ether oxygens (including phenoxy) is 1. The van der Waals surface area contributed by atoms with E-state index in [9.17, 15) is 27.9 Å². The zero-order valence-electron chi connectivity index (χ0n) is 24.3. The third-order valence-corrected chi connectivity index (χ3v) is 7.86. The number of carbonyl (C=O) groups is 2. The van der Waals surface area contributed by atoms with Crippen molar-refractivity contribution in [3.63, 3.8) is 0 Å². The first-order valence-electron chi connectivity index (χ1n) is 13.9. The van der Waals surface area contributed by atoms with E-state index in [-0.39, 0.29) is 41.7 Å². The number of nitrogens with two attached hydrogens (primary N) is 1. The number of hydrogen-bond donors (Lipinski definition) is 3. The number of aliphatic hydroxyl groups is 1. The molecule has 14 heteroatoms. The summed E-state index contributed by atoms with van der Waals surface area (Å²) in [6, 6.07) is 11.8. The van der Waals surface area contributed by atoms with Gasteiger partial charge in [0.15, 0.2) is 11.3 Å². The zero-order chi connectivity index (χ0) is 31.8. The van der Waals surface area contributed by atoms with Crippen molar-refractivity contribution in [1.82, 2.24) is 24.4 Å². The first-order valence-corrected chi connectivity index (χ1v) is 13.9. The standard InChI is InChI=1S/C30H32F3N7O4/c1-17-15-38(24(16-41)21-6-4-5-7-23(21)36-29(34)43)12-13-39(17)28(42)22-14-35-40-26(30(31,32)33)18(2)25(37-27(22)40)19-8-10-20(44-3)11-9-19/h4-11,14,17,24,41H,12-13,15-16H2,1-3H3,(H3,34,36,43)/t17-,24-/m1/s1. The highest BCUT2D eigenvalue weighted by atomic mass is 19.4. The number of halogens is 3. The maximum Gasteiger partial charge on any atom is 0.433 e. The van der Waals surface area contributed by atoms with Gasteiger partial charge in [-0.3, -0.25) is 9.69 Å². The monoisotopic (exact) mass is 611 g/mol. The summed E-state index contributed by atoms with van der Waals surface area (Å²) in [7, 11) is 1.49. The number of aromatic nitrogens is 3. The highest BCUT2D eigenvalue weighted by Gasteiger charge is 2.40. The Morgan fingerprint density at radius 2 is 1.86 bits per heavy atom. The van der Waals surface area contributed by atoms with Gasteiger partial charge >= 0.3 is 12.2 Å². The van der Waals surface area contributed by atoms with Crippen LogP contribution in [0, 0.1) is 6.92 Å². The molecule has 0 radical (unpaired) electrons. The van der Waals surface area contributed by atoms with Gasteiger partial charge in [-0.1, -0.05) is 18.2 Å². The molecule has 4 aromatic rings. The van der Waals surface area contributed by atoms with E-state index in [1.165, 1.54) is 14.0 Å². The molecule has 4 N–H and O–H groups in total. The molecular weight excluding hydrogens is 579 g/mol. The number of aliphatic hydroxyl groups excluding tert-OH is 1. The lowest BCUT2D eigenvalue weighted by Crippen LogP contribution is -2.55. The highest BCUT2D eigenvalue weighted by molar-refractivity contribution is 6.00. The van der Waals surface area contributed by atoms with Crippen LogP contribution in [0.2, 0.25) is 0 Å². The van der Waals surface area contributed by atoms with E-state index in [2.05, 4.69) is 15.4 Å². The number of urea groups is 1. The van der Waals surface area contributed by atoms with Gasteiger partial charge in [0.05, 0.1) is 31.6 Å². The molecule has 1 aliphatic heterocycles. The number of para-hydroxylation sites is 1. The van der Waals surface area contributed by atoms with Crippen LogP contribution in [0.25, 0.3) is 16.9 Å². The molecule has 5 rings (SSSR count). The number of anilines is 1. The van der Waals surface area contributed by atoms with Crippen LogP contribution in [0.5, 0.6) is 5.75 Å². The van der Waals surface area contributed by atoms with Gasteiger partial charge in [-0.25, -0.2) is 14.3 Å². The Balaban J connectivity index is 1.47. The average molecular weight is 612 g/mol. The molecule has 44 heavy (non-hydrogen) atoms. The first kappa shape index (κ1) is 30.8. The third kappa shape index (κ3) is 5.77. The first-order chi connectivity index (χ1) is 20.9. The molecule has 1 fully saturated rings. The number of alkyl halides is 3. The SMILES string of the molecule is COc1ccc(-c2nc3c(C(=O)N4CCN([C@H](CO)c5ccccc5NC(N)=O)C[C@H]4C)cnn3c(C(F)(F)F)c2C)cc1. The van der Waals surface area contributed by atoms with E-state index in [1.54, 1.807) is 53.4 Å². The molecule has 2 atom stereocenters. The van der Waals surface area contributed by atoms with E-state index in [0.29, 0.717) is 40.2 Å². The van der Waals surface area contributed by atoms with Crippen molar-refractivity contribution in [2.75, 3.05) is 38.7 Å². The van der Waals surface area contributed by atoms with Crippen LogP contribution in [0.15, 0.2) is 54.7 Å². The molecule has 11 nitrogen and oxygen atoms in total. The van der Waals surface area contributed by atoms with Crippen molar-refractivity contribution in [2.45, 2.75) is 32.1 Å². The number of primary amides is 1. The molecule has 0 spiro atoms. The predicted octanol–water partition coefficient (Wildman–Crippen LogP) is 4.10. The van der Waals surface area contributed by atoms with E-state index in [1.807, 2.05) is 11.8 Å². The van der Waals surface area contributed by atoms with Crippen LogP contribution in [0.4, 0.5) is 23.7 Å².